The molecule has 0 aliphatic carbocycles. The fourth-order valence-electron chi connectivity index (χ4n) is 2.48. The van der Waals surface area contributed by atoms with Crippen molar-refractivity contribution in [3.8, 4) is 0 Å². The van der Waals surface area contributed by atoms with Gasteiger partial charge in [-0.15, -0.1) is 0 Å². The number of aliphatic imine (C=N–C) groups is 1. The van der Waals surface area contributed by atoms with Crippen LogP contribution in [0.5, 0.6) is 0 Å². The predicted molar refractivity (Wildman–Crippen MR) is 92.2 cm³/mol. The van der Waals surface area contributed by atoms with Crippen LogP contribution in [0.2, 0.25) is 0 Å². The topological polar surface area (TPSA) is 45.1 Å². The maximum Gasteiger partial charge on any atom is 0.222 e. The summed E-state index contributed by atoms with van der Waals surface area (Å²) in [6, 6.07) is 3.80. The molecular formula is C18H12ClF5N2O2. The number of ether oxygens (including phenoxy) is 1. The second-order valence-electron chi connectivity index (χ2n) is 5.81. The molecule has 0 saturated carbocycles. The van der Waals surface area contributed by atoms with Crippen LogP contribution in [0.25, 0.3) is 0 Å². The van der Waals surface area contributed by atoms with Crippen molar-refractivity contribution < 1.29 is 31.8 Å². The van der Waals surface area contributed by atoms with Crippen LogP contribution >= 0.6 is 11.6 Å². The van der Waals surface area contributed by atoms with E-state index in [0.29, 0.717) is 18.2 Å². The van der Waals surface area contributed by atoms with E-state index < -0.39 is 53.7 Å². The lowest BCUT2D eigenvalue weighted by molar-refractivity contribution is -0.0537. The smallest absolute Gasteiger partial charge is 0.222 e. The number of hydrogen-bond acceptors (Lipinski definition) is 4. The van der Waals surface area contributed by atoms with Crippen LogP contribution in [0.1, 0.15) is 5.56 Å². The molecule has 0 fully saturated rings. The minimum atomic E-state index is -1.86. The van der Waals surface area contributed by atoms with Gasteiger partial charge in [0.1, 0.15) is 23.1 Å². The highest BCUT2D eigenvalue weighted by atomic mass is 35.5. The molecule has 0 aromatic heterocycles. The second-order valence-corrected chi connectivity index (χ2v) is 6.22. The minimum Gasteiger partial charge on any atom is -0.391 e. The fraction of sp³-hybridized carbons (Fsp3) is 0.167. The molecule has 1 unspecified atom stereocenters. The van der Waals surface area contributed by atoms with E-state index in [4.69, 9.17) is 16.3 Å². The highest BCUT2D eigenvalue weighted by Crippen LogP contribution is 2.34. The van der Waals surface area contributed by atoms with Gasteiger partial charge < -0.3 is 14.7 Å². The molecule has 1 heterocycles. The van der Waals surface area contributed by atoms with Gasteiger partial charge in [-0.05, 0) is 6.07 Å². The third-order valence-electron chi connectivity index (χ3n) is 3.95. The van der Waals surface area contributed by atoms with Crippen molar-refractivity contribution in [2.45, 2.75) is 12.3 Å². The van der Waals surface area contributed by atoms with Crippen LogP contribution in [0.3, 0.4) is 0 Å². The van der Waals surface area contributed by atoms with E-state index in [0.717, 1.165) is 29.6 Å². The maximum absolute atomic E-state index is 13.9. The Morgan fingerprint density at radius 3 is 2.21 bits per heavy atom. The molecule has 1 atom stereocenters. The zero-order valence-corrected chi connectivity index (χ0v) is 14.7. The van der Waals surface area contributed by atoms with Gasteiger partial charge in [0.25, 0.3) is 0 Å². The molecule has 3 rings (SSSR count). The Hall–Kier alpha value is -2.49. The number of nitrogens with zero attached hydrogens (tertiary/aromatic N) is 2. The van der Waals surface area contributed by atoms with Crippen LogP contribution in [-0.2, 0) is 11.3 Å². The van der Waals surface area contributed by atoms with Crippen molar-refractivity contribution in [3.63, 3.8) is 0 Å². The van der Waals surface area contributed by atoms with Crippen molar-refractivity contribution in [2.75, 3.05) is 11.5 Å². The van der Waals surface area contributed by atoms with Crippen molar-refractivity contribution in [1.29, 1.82) is 0 Å². The average molecular weight is 419 g/mol. The Bertz CT molecular complexity index is 946. The van der Waals surface area contributed by atoms with Gasteiger partial charge in [-0.2, -0.15) is 0 Å². The summed E-state index contributed by atoms with van der Waals surface area (Å²) in [5.41, 5.74) is -2.52. The molecule has 1 aliphatic heterocycles. The first-order valence-electron chi connectivity index (χ1n) is 7.80. The van der Waals surface area contributed by atoms with Gasteiger partial charge in [-0.25, -0.2) is 26.9 Å². The first-order valence-corrected chi connectivity index (χ1v) is 8.18. The highest BCUT2D eigenvalue weighted by Gasteiger charge is 2.37. The zero-order chi connectivity index (χ0) is 20.5. The molecule has 0 spiro atoms. The lowest BCUT2D eigenvalue weighted by atomic mass is 10.1. The average Bonchev–Trinajstić information content (AvgIpc) is 2.62. The van der Waals surface area contributed by atoms with Gasteiger partial charge in [-0.3, -0.25) is 0 Å². The first kappa shape index (κ1) is 20.2. The van der Waals surface area contributed by atoms with Crippen LogP contribution in [0.15, 0.2) is 46.6 Å². The monoisotopic (exact) mass is 418 g/mol. The summed E-state index contributed by atoms with van der Waals surface area (Å²) in [4.78, 5) is 4.74. The lowest BCUT2D eigenvalue weighted by Gasteiger charge is -2.33. The van der Waals surface area contributed by atoms with E-state index in [1.165, 1.54) is 0 Å². The Kier molecular flexibility index (Phi) is 5.69. The van der Waals surface area contributed by atoms with E-state index in [9.17, 15) is 27.1 Å². The van der Waals surface area contributed by atoms with E-state index in [2.05, 4.69) is 4.99 Å². The van der Waals surface area contributed by atoms with E-state index >= 15 is 0 Å². The van der Waals surface area contributed by atoms with E-state index in [1.54, 1.807) is 0 Å². The minimum absolute atomic E-state index is 0.0213. The Morgan fingerprint density at radius 1 is 1.00 bits per heavy atom. The second kappa shape index (κ2) is 7.86. The van der Waals surface area contributed by atoms with Gasteiger partial charge in [0, 0.05) is 30.0 Å². The molecule has 0 saturated heterocycles. The third kappa shape index (κ3) is 3.87. The number of halogens is 6. The zero-order valence-electron chi connectivity index (χ0n) is 14.0. The molecule has 2 aromatic rings. The summed E-state index contributed by atoms with van der Waals surface area (Å²) in [6.07, 6.45) is 1.94. The van der Waals surface area contributed by atoms with Crippen LogP contribution < -0.4 is 4.90 Å². The van der Waals surface area contributed by atoms with Crippen molar-refractivity contribution in [2.24, 2.45) is 4.99 Å². The number of aliphatic hydroxyl groups is 1. The molecule has 28 heavy (non-hydrogen) atoms. The quantitative estimate of drug-likeness (QED) is 0.740. The Balaban J connectivity index is 1.85. The van der Waals surface area contributed by atoms with Gasteiger partial charge in [0.2, 0.25) is 5.72 Å². The van der Waals surface area contributed by atoms with Crippen LogP contribution in [0.4, 0.5) is 27.6 Å². The van der Waals surface area contributed by atoms with Crippen LogP contribution in [-0.4, -0.2) is 23.8 Å². The molecule has 1 aliphatic rings. The summed E-state index contributed by atoms with van der Waals surface area (Å²) in [5, 5.41) is 9.40. The SMILES string of the molecule is OCC1(OCc2ccc(F)cc2F)N=CN(c2c(F)cc(F)cc2F)C=C1Cl. The lowest BCUT2D eigenvalue weighted by Crippen LogP contribution is -2.40. The molecule has 148 valence electrons. The number of anilines is 1. The molecule has 10 heteroatoms. The fourth-order valence-corrected chi connectivity index (χ4v) is 2.75. The van der Waals surface area contributed by atoms with Crippen LogP contribution in [0, 0.1) is 29.1 Å². The normalized spacial score (nSPS) is 19.1. The molecule has 2 aromatic carbocycles. The maximum atomic E-state index is 13.9. The van der Waals surface area contributed by atoms with E-state index in [-0.39, 0.29) is 10.6 Å². The third-order valence-corrected chi connectivity index (χ3v) is 4.34. The summed E-state index contributed by atoms with van der Waals surface area (Å²) >= 11 is 6.10. The van der Waals surface area contributed by atoms with E-state index in [1.807, 2.05) is 0 Å². The Morgan fingerprint density at radius 2 is 1.64 bits per heavy atom. The standard InChI is InChI=1S/C18H12ClF5N2O2/c19-16-6-26(17-14(23)4-12(21)5-15(17)24)9-25-18(16,8-27)28-7-10-1-2-11(20)3-13(10)22/h1-6,9,27H,7-8H2. The molecule has 1 N–H and O–H groups in total. The first-order chi connectivity index (χ1) is 13.3. The predicted octanol–water partition coefficient (Wildman–Crippen LogP) is 4.22. The number of benzene rings is 2. The molecule has 0 radical (unpaired) electrons. The summed E-state index contributed by atoms with van der Waals surface area (Å²) in [7, 11) is 0. The number of hydrogen-bond donors (Lipinski definition) is 1. The summed E-state index contributed by atoms with van der Waals surface area (Å²) < 4.78 is 73.1. The van der Waals surface area contributed by atoms with Gasteiger partial charge in [0.15, 0.2) is 11.6 Å². The van der Waals surface area contributed by atoms with Gasteiger partial charge in [-0.1, -0.05) is 17.7 Å². The summed E-state index contributed by atoms with van der Waals surface area (Å²) in [5.74, 6) is -5.14. The molecular weight excluding hydrogens is 407 g/mol. The molecule has 0 bridgehead atoms. The molecule has 4 nitrogen and oxygen atoms in total. The number of aliphatic hydroxyl groups excluding tert-OH is 1. The largest absolute Gasteiger partial charge is 0.391 e. The highest BCUT2D eigenvalue weighted by molar-refractivity contribution is 6.31. The van der Waals surface area contributed by atoms with Crippen molar-refractivity contribution >= 4 is 23.6 Å². The van der Waals surface area contributed by atoms with Crippen molar-refractivity contribution in [3.05, 3.63) is 76.2 Å². The van der Waals surface area contributed by atoms with Crippen molar-refractivity contribution in [1.82, 2.24) is 0 Å². The van der Waals surface area contributed by atoms with Gasteiger partial charge in [0.05, 0.1) is 24.6 Å². The Labute approximate surface area is 161 Å². The summed E-state index contributed by atoms with van der Waals surface area (Å²) in [6.45, 7) is -1.20. The molecule has 0 amide bonds. The number of rotatable bonds is 5. The van der Waals surface area contributed by atoms with Gasteiger partial charge >= 0.3 is 0 Å².